The third-order valence-corrected chi connectivity index (χ3v) is 3.94. The van der Waals surface area contributed by atoms with Crippen molar-refractivity contribution in [3.8, 4) is 0 Å². The predicted octanol–water partition coefficient (Wildman–Crippen LogP) is 1.20. The Morgan fingerprint density at radius 1 is 1.32 bits per heavy atom. The minimum absolute atomic E-state index is 0.119. The summed E-state index contributed by atoms with van der Waals surface area (Å²) in [5.74, 6) is 0.795. The zero-order valence-corrected chi connectivity index (χ0v) is 13.5. The summed E-state index contributed by atoms with van der Waals surface area (Å²) in [6, 6.07) is 11.1. The normalized spacial score (nSPS) is 19.4. The number of benzene rings is 1. The molecular formula is C17H28N4O. The molecule has 1 unspecified atom stereocenters. The first-order valence-corrected chi connectivity index (χ1v) is 8.24. The van der Waals surface area contributed by atoms with Gasteiger partial charge < -0.3 is 15.7 Å². The van der Waals surface area contributed by atoms with E-state index < -0.39 is 0 Å². The van der Waals surface area contributed by atoms with Crippen molar-refractivity contribution in [3.63, 3.8) is 0 Å². The van der Waals surface area contributed by atoms with E-state index >= 15 is 0 Å². The van der Waals surface area contributed by atoms with Crippen molar-refractivity contribution in [1.29, 1.82) is 0 Å². The maximum atomic E-state index is 8.92. The van der Waals surface area contributed by atoms with Crippen molar-refractivity contribution in [3.05, 3.63) is 35.9 Å². The zero-order valence-electron chi connectivity index (χ0n) is 13.5. The fraction of sp³-hybridized carbons (Fsp3) is 0.588. The number of hydrogen-bond acceptors (Lipinski definition) is 3. The van der Waals surface area contributed by atoms with Crippen LogP contribution in [0.25, 0.3) is 0 Å². The highest BCUT2D eigenvalue weighted by molar-refractivity contribution is 5.79. The highest BCUT2D eigenvalue weighted by atomic mass is 16.3. The highest BCUT2D eigenvalue weighted by Gasteiger charge is 2.24. The van der Waals surface area contributed by atoms with Crippen LogP contribution >= 0.6 is 0 Å². The number of hydrogen-bond donors (Lipinski definition) is 3. The van der Waals surface area contributed by atoms with E-state index in [-0.39, 0.29) is 6.61 Å². The van der Waals surface area contributed by atoms with Gasteiger partial charge in [0.05, 0.1) is 13.2 Å². The molecule has 5 nitrogen and oxygen atoms in total. The quantitative estimate of drug-likeness (QED) is 0.523. The number of likely N-dealkylation sites (tertiary alicyclic amines) is 1. The third kappa shape index (κ3) is 5.31. The van der Waals surface area contributed by atoms with Gasteiger partial charge in [0, 0.05) is 25.7 Å². The molecule has 122 valence electrons. The molecule has 2 rings (SSSR count). The SMILES string of the molecule is CCNC(=NCC1CCCN1Cc1ccccc1)NCCO. The molecule has 1 saturated heterocycles. The van der Waals surface area contributed by atoms with Crippen molar-refractivity contribution < 1.29 is 5.11 Å². The van der Waals surface area contributed by atoms with Crippen LogP contribution < -0.4 is 10.6 Å². The largest absolute Gasteiger partial charge is 0.395 e. The number of rotatable bonds is 7. The second-order valence-electron chi connectivity index (χ2n) is 5.62. The Morgan fingerprint density at radius 3 is 2.86 bits per heavy atom. The molecule has 0 aromatic heterocycles. The Kier molecular flexibility index (Phi) is 7.19. The third-order valence-electron chi connectivity index (χ3n) is 3.94. The molecule has 0 bridgehead atoms. The topological polar surface area (TPSA) is 59.9 Å². The van der Waals surface area contributed by atoms with Crippen LogP contribution in [0.5, 0.6) is 0 Å². The molecule has 0 radical (unpaired) electrons. The Labute approximate surface area is 133 Å². The number of aliphatic hydroxyl groups is 1. The summed E-state index contributed by atoms with van der Waals surface area (Å²) in [6.45, 7) is 6.48. The Morgan fingerprint density at radius 2 is 2.14 bits per heavy atom. The summed E-state index contributed by atoms with van der Waals surface area (Å²) < 4.78 is 0. The lowest BCUT2D eigenvalue weighted by molar-refractivity contribution is 0.250. The smallest absolute Gasteiger partial charge is 0.191 e. The van der Waals surface area contributed by atoms with E-state index in [1.807, 2.05) is 6.92 Å². The highest BCUT2D eigenvalue weighted by Crippen LogP contribution is 2.20. The molecule has 1 aromatic rings. The molecule has 1 aliphatic rings. The van der Waals surface area contributed by atoms with Gasteiger partial charge in [0.15, 0.2) is 5.96 Å². The van der Waals surface area contributed by atoms with Crippen molar-refractivity contribution >= 4 is 5.96 Å². The van der Waals surface area contributed by atoms with Gasteiger partial charge in [-0.25, -0.2) is 0 Å². The fourth-order valence-corrected chi connectivity index (χ4v) is 2.84. The molecule has 22 heavy (non-hydrogen) atoms. The number of nitrogens with zero attached hydrogens (tertiary/aromatic N) is 2. The summed E-state index contributed by atoms with van der Waals surface area (Å²) >= 11 is 0. The molecule has 5 heteroatoms. The van der Waals surface area contributed by atoms with Gasteiger partial charge in [0.1, 0.15) is 0 Å². The first-order valence-electron chi connectivity index (χ1n) is 8.24. The minimum atomic E-state index is 0.119. The number of guanidine groups is 1. The molecule has 1 aromatic carbocycles. The number of nitrogens with one attached hydrogen (secondary N) is 2. The molecule has 0 saturated carbocycles. The molecule has 1 atom stereocenters. The van der Waals surface area contributed by atoms with E-state index in [1.54, 1.807) is 0 Å². The van der Waals surface area contributed by atoms with Crippen LogP contribution in [0.2, 0.25) is 0 Å². The first-order chi connectivity index (χ1) is 10.8. The van der Waals surface area contributed by atoms with Crippen LogP contribution in [0.1, 0.15) is 25.3 Å². The predicted molar refractivity (Wildman–Crippen MR) is 90.9 cm³/mol. The zero-order chi connectivity index (χ0) is 15.6. The summed E-state index contributed by atoms with van der Waals surface area (Å²) in [6.07, 6.45) is 2.45. The van der Waals surface area contributed by atoms with Crippen LogP contribution in [-0.4, -0.2) is 54.8 Å². The second-order valence-corrected chi connectivity index (χ2v) is 5.62. The van der Waals surface area contributed by atoms with Crippen LogP contribution in [0.3, 0.4) is 0 Å². The second kappa shape index (κ2) is 9.43. The van der Waals surface area contributed by atoms with Gasteiger partial charge in [-0.15, -0.1) is 0 Å². The van der Waals surface area contributed by atoms with Crippen LogP contribution in [0, 0.1) is 0 Å². The van der Waals surface area contributed by atoms with E-state index in [4.69, 9.17) is 5.11 Å². The molecule has 1 aliphatic heterocycles. The first kappa shape index (κ1) is 16.8. The van der Waals surface area contributed by atoms with Gasteiger partial charge in [-0.1, -0.05) is 30.3 Å². The summed E-state index contributed by atoms with van der Waals surface area (Å²) in [5, 5.41) is 15.3. The lowest BCUT2D eigenvalue weighted by atomic mass is 10.2. The minimum Gasteiger partial charge on any atom is -0.395 e. The van der Waals surface area contributed by atoms with Crippen LogP contribution in [0.15, 0.2) is 35.3 Å². The standard InChI is InChI=1S/C17H28N4O/c1-2-18-17(19-10-12-22)20-13-16-9-6-11-21(16)14-15-7-4-3-5-8-15/h3-5,7-8,16,22H,2,6,9-14H2,1H3,(H2,18,19,20). The maximum Gasteiger partial charge on any atom is 0.191 e. The van der Waals surface area contributed by atoms with Crippen molar-refractivity contribution in [2.75, 3.05) is 32.8 Å². The summed E-state index contributed by atoms with van der Waals surface area (Å²) in [5.41, 5.74) is 1.36. The molecular weight excluding hydrogens is 276 g/mol. The van der Waals surface area contributed by atoms with Crippen molar-refractivity contribution in [2.24, 2.45) is 4.99 Å². The Balaban J connectivity index is 1.89. The van der Waals surface area contributed by atoms with Gasteiger partial charge in [0.25, 0.3) is 0 Å². The average Bonchev–Trinajstić information content (AvgIpc) is 2.98. The molecule has 1 fully saturated rings. The molecule has 3 N–H and O–H groups in total. The number of aliphatic imine (C=N–C) groups is 1. The van der Waals surface area contributed by atoms with E-state index in [9.17, 15) is 0 Å². The van der Waals surface area contributed by atoms with Gasteiger partial charge >= 0.3 is 0 Å². The van der Waals surface area contributed by atoms with Gasteiger partial charge in [0.2, 0.25) is 0 Å². The van der Waals surface area contributed by atoms with Gasteiger partial charge in [-0.2, -0.15) is 0 Å². The van der Waals surface area contributed by atoms with Gasteiger partial charge in [-0.3, -0.25) is 9.89 Å². The Hall–Kier alpha value is -1.59. The lowest BCUT2D eigenvalue weighted by Gasteiger charge is -2.23. The summed E-state index contributed by atoms with van der Waals surface area (Å²) in [4.78, 5) is 7.19. The monoisotopic (exact) mass is 304 g/mol. The van der Waals surface area contributed by atoms with Crippen molar-refractivity contribution in [1.82, 2.24) is 15.5 Å². The molecule has 0 aliphatic carbocycles. The van der Waals surface area contributed by atoms with Gasteiger partial charge in [-0.05, 0) is 31.9 Å². The lowest BCUT2D eigenvalue weighted by Crippen LogP contribution is -2.40. The van der Waals surface area contributed by atoms with Crippen molar-refractivity contribution in [2.45, 2.75) is 32.4 Å². The van der Waals surface area contributed by atoms with E-state index in [0.29, 0.717) is 12.6 Å². The molecule has 0 spiro atoms. The van der Waals surface area contributed by atoms with Crippen LogP contribution in [0.4, 0.5) is 0 Å². The summed E-state index contributed by atoms with van der Waals surface area (Å²) in [7, 11) is 0. The fourth-order valence-electron chi connectivity index (χ4n) is 2.84. The maximum absolute atomic E-state index is 8.92. The number of aliphatic hydroxyl groups excluding tert-OH is 1. The molecule has 1 heterocycles. The van der Waals surface area contributed by atoms with Crippen LogP contribution in [-0.2, 0) is 6.54 Å². The average molecular weight is 304 g/mol. The molecule has 0 amide bonds. The Bertz CT molecular complexity index is 449. The van der Waals surface area contributed by atoms with E-state index in [0.717, 1.165) is 32.1 Å². The van der Waals surface area contributed by atoms with E-state index in [1.165, 1.54) is 18.4 Å². The van der Waals surface area contributed by atoms with E-state index in [2.05, 4.69) is 50.9 Å².